The van der Waals surface area contributed by atoms with Crippen LogP contribution in [0, 0.1) is 6.92 Å². The largest absolute Gasteiger partial charge is 0.338 e. The van der Waals surface area contributed by atoms with Crippen molar-refractivity contribution in [2.45, 2.75) is 13.5 Å². The maximum absolute atomic E-state index is 12.3. The second kappa shape index (κ2) is 6.22. The molecule has 116 valence electrons. The lowest BCUT2D eigenvalue weighted by Gasteiger charge is -2.34. The van der Waals surface area contributed by atoms with E-state index in [1.807, 2.05) is 19.1 Å². The number of amides is 2. The minimum absolute atomic E-state index is 0.0358. The molecule has 3 rings (SSSR count). The Kier molecular flexibility index (Phi) is 4.14. The van der Waals surface area contributed by atoms with Gasteiger partial charge in [0.1, 0.15) is 12.9 Å². The Morgan fingerprint density at radius 3 is 2.50 bits per heavy atom. The number of tetrazole rings is 1. The summed E-state index contributed by atoms with van der Waals surface area (Å²) in [5.74, 6) is 0.0112. The Morgan fingerprint density at radius 1 is 1.18 bits per heavy atom. The van der Waals surface area contributed by atoms with E-state index in [-0.39, 0.29) is 18.4 Å². The predicted octanol–water partition coefficient (Wildman–Crippen LogP) is 0.0276. The van der Waals surface area contributed by atoms with E-state index in [0.717, 1.165) is 9.75 Å². The average molecular weight is 320 g/mol. The highest BCUT2D eigenvalue weighted by molar-refractivity contribution is 7.13. The van der Waals surface area contributed by atoms with E-state index in [2.05, 4.69) is 15.5 Å². The van der Waals surface area contributed by atoms with Crippen LogP contribution in [0.4, 0.5) is 0 Å². The van der Waals surface area contributed by atoms with Gasteiger partial charge in [0, 0.05) is 31.1 Å². The van der Waals surface area contributed by atoms with Crippen LogP contribution in [0.5, 0.6) is 0 Å². The van der Waals surface area contributed by atoms with Crippen molar-refractivity contribution < 1.29 is 9.59 Å². The highest BCUT2D eigenvalue weighted by atomic mass is 32.1. The van der Waals surface area contributed by atoms with Gasteiger partial charge in [-0.3, -0.25) is 9.59 Å². The standard InChI is InChI=1S/C13H16N6O2S/c1-10-2-3-11(22-10)13(21)18-6-4-17(5-7-18)12(20)8-19-9-14-15-16-19/h2-3,9H,4-8H2,1H3. The van der Waals surface area contributed by atoms with E-state index in [1.165, 1.54) is 22.3 Å². The van der Waals surface area contributed by atoms with Crippen LogP contribution < -0.4 is 0 Å². The fraction of sp³-hybridized carbons (Fsp3) is 0.462. The maximum atomic E-state index is 12.3. The molecule has 2 amide bonds. The van der Waals surface area contributed by atoms with Gasteiger partial charge in [-0.05, 0) is 29.5 Å². The van der Waals surface area contributed by atoms with Gasteiger partial charge >= 0.3 is 0 Å². The molecule has 0 aromatic carbocycles. The lowest BCUT2D eigenvalue weighted by Crippen LogP contribution is -2.51. The summed E-state index contributed by atoms with van der Waals surface area (Å²) in [6.45, 7) is 4.30. The van der Waals surface area contributed by atoms with Crippen molar-refractivity contribution in [3.8, 4) is 0 Å². The molecule has 1 aliphatic heterocycles. The molecular weight excluding hydrogens is 304 g/mol. The number of carbonyl (C=O) groups is 2. The summed E-state index contributed by atoms with van der Waals surface area (Å²) in [4.78, 5) is 29.9. The second-order valence-electron chi connectivity index (χ2n) is 5.09. The van der Waals surface area contributed by atoms with Crippen LogP contribution in [0.2, 0.25) is 0 Å². The molecular formula is C13H16N6O2S. The molecule has 22 heavy (non-hydrogen) atoms. The van der Waals surface area contributed by atoms with Gasteiger partial charge in [0.05, 0.1) is 4.88 Å². The lowest BCUT2D eigenvalue weighted by atomic mass is 10.3. The van der Waals surface area contributed by atoms with Crippen molar-refractivity contribution in [3.05, 3.63) is 28.2 Å². The van der Waals surface area contributed by atoms with Crippen molar-refractivity contribution >= 4 is 23.2 Å². The third-order valence-corrected chi connectivity index (χ3v) is 4.55. The van der Waals surface area contributed by atoms with Gasteiger partial charge in [0.15, 0.2) is 0 Å². The molecule has 2 aromatic rings. The first-order valence-electron chi connectivity index (χ1n) is 6.98. The predicted molar refractivity (Wildman–Crippen MR) is 79.4 cm³/mol. The van der Waals surface area contributed by atoms with Crippen LogP contribution in [-0.4, -0.2) is 68.0 Å². The van der Waals surface area contributed by atoms with Crippen LogP contribution in [0.15, 0.2) is 18.5 Å². The molecule has 0 unspecified atom stereocenters. The first-order valence-corrected chi connectivity index (χ1v) is 7.79. The zero-order valence-electron chi connectivity index (χ0n) is 12.2. The number of piperazine rings is 1. The number of aromatic nitrogens is 4. The summed E-state index contributed by atoms with van der Waals surface area (Å²) in [6, 6.07) is 3.81. The third-order valence-electron chi connectivity index (χ3n) is 3.56. The van der Waals surface area contributed by atoms with Crippen molar-refractivity contribution in [1.29, 1.82) is 0 Å². The molecule has 0 spiro atoms. The zero-order chi connectivity index (χ0) is 15.5. The summed E-state index contributed by atoms with van der Waals surface area (Å²) in [5, 5.41) is 10.7. The minimum atomic E-state index is -0.0358. The molecule has 0 bridgehead atoms. The van der Waals surface area contributed by atoms with Gasteiger partial charge in [-0.15, -0.1) is 16.4 Å². The van der Waals surface area contributed by atoms with Gasteiger partial charge in [0.2, 0.25) is 5.91 Å². The van der Waals surface area contributed by atoms with E-state index in [1.54, 1.807) is 9.80 Å². The topological polar surface area (TPSA) is 84.2 Å². The molecule has 0 saturated carbocycles. The SMILES string of the molecule is Cc1ccc(C(=O)N2CCN(C(=O)Cn3cnnn3)CC2)s1. The van der Waals surface area contributed by atoms with Crippen LogP contribution in [0.3, 0.4) is 0 Å². The van der Waals surface area contributed by atoms with Crippen molar-refractivity contribution in [2.75, 3.05) is 26.2 Å². The normalized spacial score (nSPS) is 15.1. The Morgan fingerprint density at radius 2 is 1.91 bits per heavy atom. The lowest BCUT2D eigenvalue weighted by molar-refractivity contribution is -0.133. The molecule has 0 N–H and O–H groups in total. The first kappa shape index (κ1) is 14.6. The average Bonchev–Trinajstić information content (AvgIpc) is 3.18. The number of thiophene rings is 1. The van der Waals surface area contributed by atoms with Crippen LogP contribution in [0.1, 0.15) is 14.5 Å². The van der Waals surface area contributed by atoms with E-state index >= 15 is 0 Å². The van der Waals surface area contributed by atoms with Crippen LogP contribution >= 0.6 is 11.3 Å². The molecule has 8 nitrogen and oxygen atoms in total. The van der Waals surface area contributed by atoms with E-state index in [0.29, 0.717) is 26.2 Å². The quantitative estimate of drug-likeness (QED) is 0.796. The van der Waals surface area contributed by atoms with E-state index in [9.17, 15) is 9.59 Å². The number of nitrogens with zero attached hydrogens (tertiary/aromatic N) is 6. The smallest absolute Gasteiger partial charge is 0.264 e. The van der Waals surface area contributed by atoms with Gasteiger partial charge in [-0.25, -0.2) is 4.68 Å². The Labute approximate surface area is 131 Å². The molecule has 0 atom stereocenters. The Hall–Kier alpha value is -2.29. The van der Waals surface area contributed by atoms with Crippen molar-refractivity contribution in [3.63, 3.8) is 0 Å². The molecule has 2 aromatic heterocycles. The summed E-state index contributed by atoms with van der Waals surface area (Å²) in [7, 11) is 0. The molecule has 1 saturated heterocycles. The number of hydrogen-bond donors (Lipinski definition) is 0. The Balaban J connectivity index is 1.54. The minimum Gasteiger partial charge on any atom is -0.338 e. The summed E-state index contributed by atoms with van der Waals surface area (Å²) < 4.78 is 1.40. The molecule has 0 aliphatic carbocycles. The molecule has 0 radical (unpaired) electrons. The fourth-order valence-corrected chi connectivity index (χ4v) is 3.19. The number of rotatable bonds is 3. The third kappa shape index (κ3) is 3.14. The monoisotopic (exact) mass is 320 g/mol. The highest BCUT2D eigenvalue weighted by Gasteiger charge is 2.25. The van der Waals surface area contributed by atoms with E-state index in [4.69, 9.17) is 0 Å². The molecule has 9 heteroatoms. The van der Waals surface area contributed by atoms with Gasteiger partial charge in [0.25, 0.3) is 5.91 Å². The highest BCUT2D eigenvalue weighted by Crippen LogP contribution is 2.18. The second-order valence-corrected chi connectivity index (χ2v) is 6.38. The summed E-state index contributed by atoms with van der Waals surface area (Å²) in [6.07, 6.45) is 1.41. The summed E-state index contributed by atoms with van der Waals surface area (Å²) in [5.41, 5.74) is 0. The number of carbonyl (C=O) groups excluding carboxylic acids is 2. The van der Waals surface area contributed by atoms with Crippen LogP contribution in [0.25, 0.3) is 0 Å². The van der Waals surface area contributed by atoms with Gasteiger partial charge in [-0.1, -0.05) is 0 Å². The number of aryl methyl sites for hydroxylation is 1. The maximum Gasteiger partial charge on any atom is 0.264 e. The van der Waals surface area contributed by atoms with Crippen molar-refractivity contribution in [2.24, 2.45) is 0 Å². The Bertz CT molecular complexity index is 660. The van der Waals surface area contributed by atoms with Gasteiger partial charge in [-0.2, -0.15) is 0 Å². The van der Waals surface area contributed by atoms with Gasteiger partial charge < -0.3 is 9.80 Å². The van der Waals surface area contributed by atoms with Crippen molar-refractivity contribution in [1.82, 2.24) is 30.0 Å². The van der Waals surface area contributed by atoms with E-state index < -0.39 is 0 Å². The molecule has 1 aliphatic rings. The molecule has 1 fully saturated rings. The number of hydrogen-bond acceptors (Lipinski definition) is 6. The molecule has 3 heterocycles. The zero-order valence-corrected chi connectivity index (χ0v) is 13.0. The first-order chi connectivity index (χ1) is 10.6. The fourth-order valence-electron chi connectivity index (χ4n) is 2.36. The van der Waals surface area contributed by atoms with Crippen LogP contribution in [-0.2, 0) is 11.3 Å². The summed E-state index contributed by atoms with van der Waals surface area (Å²) >= 11 is 1.50.